The van der Waals surface area contributed by atoms with Crippen LogP contribution in [-0.2, 0) is 6.42 Å². The van der Waals surface area contributed by atoms with Crippen LogP contribution in [-0.4, -0.2) is 23.5 Å². The number of aryl methyl sites for hydroxylation is 1. The number of rotatable bonds is 9. The Morgan fingerprint density at radius 3 is 2.34 bits per heavy atom. The molecule has 2 N–H and O–H groups in total. The second kappa shape index (κ2) is 10.3. The van der Waals surface area contributed by atoms with Gasteiger partial charge in [-0.25, -0.2) is 4.98 Å². The van der Waals surface area contributed by atoms with Crippen molar-refractivity contribution in [3.8, 4) is 5.75 Å². The molecule has 0 spiro atoms. The third-order valence-electron chi connectivity index (χ3n) is 4.28. The van der Waals surface area contributed by atoms with E-state index in [4.69, 9.17) is 4.74 Å². The van der Waals surface area contributed by atoms with Crippen LogP contribution in [0.2, 0.25) is 0 Å². The van der Waals surface area contributed by atoms with Crippen LogP contribution >= 0.6 is 0 Å². The minimum absolute atomic E-state index is 0.148. The van der Waals surface area contributed by atoms with Gasteiger partial charge in [-0.15, -0.1) is 0 Å². The fourth-order valence-corrected chi connectivity index (χ4v) is 2.89. The lowest BCUT2D eigenvalue weighted by atomic mass is 10.1. The summed E-state index contributed by atoms with van der Waals surface area (Å²) in [6.45, 7) is 4.62. The highest BCUT2D eigenvalue weighted by Gasteiger charge is 2.07. The van der Waals surface area contributed by atoms with E-state index in [2.05, 4.69) is 27.8 Å². The molecule has 0 bridgehead atoms. The standard InChI is InChI=1S/C24H27N3O2/c1-18(2)29-22-13-10-20(11-14-22)27-21-12-15-23(26-17-21)24(28)25-16-6-9-19-7-4-3-5-8-19/h3-5,7-8,10-15,17-18,27H,6,9,16H2,1-2H3,(H,25,28). The summed E-state index contributed by atoms with van der Waals surface area (Å²) in [5.74, 6) is 0.683. The third-order valence-corrected chi connectivity index (χ3v) is 4.28. The van der Waals surface area contributed by atoms with Gasteiger partial charge in [-0.1, -0.05) is 30.3 Å². The SMILES string of the molecule is CC(C)Oc1ccc(Nc2ccc(C(=O)NCCCc3ccccc3)nc2)cc1. The number of carbonyl (C=O) groups is 1. The number of anilines is 2. The fraction of sp³-hybridized carbons (Fsp3) is 0.250. The van der Waals surface area contributed by atoms with Crippen molar-refractivity contribution < 1.29 is 9.53 Å². The topological polar surface area (TPSA) is 63.2 Å². The van der Waals surface area contributed by atoms with Crippen LogP contribution < -0.4 is 15.4 Å². The van der Waals surface area contributed by atoms with Gasteiger partial charge in [-0.05, 0) is 68.7 Å². The zero-order chi connectivity index (χ0) is 20.5. The molecule has 150 valence electrons. The maximum atomic E-state index is 12.2. The van der Waals surface area contributed by atoms with Crippen molar-refractivity contribution in [1.29, 1.82) is 0 Å². The molecule has 1 heterocycles. The largest absolute Gasteiger partial charge is 0.491 e. The Kier molecular flexibility index (Phi) is 7.22. The Morgan fingerprint density at radius 2 is 1.69 bits per heavy atom. The molecule has 29 heavy (non-hydrogen) atoms. The van der Waals surface area contributed by atoms with E-state index in [-0.39, 0.29) is 12.0 Å². The van der Waals surface area contributed by atoms with Crippen LogP contribution in [0.3, 0.4) is 0 Å². The molecule has 0 aliphatic heterocycles. The van der Waals surface area contributed by atoms with Crippen LogP contribution in [0, 0.1) is 0 Å². The summed E-state index contributed by atoms with van der Waals surface area (Å²) in [7, 11) is 0. The molecule has 0 fully saturated rings. The van der Waals surface area contributed by atoms with Crippen molar-refractivity contribution in [3.63, 3.8) is 0 Å². The van der Waals surface area contributed by atoms with Gasteiger partial charge in [0, 0.05) is 12.2 Å². The molecular formula is C24H27N3O2. The van der Waals surface area contributed by atoms with E-state index in [0.29, 0.717) is 12.2 Å². The minimum atomic E-state index is -0.153. The first kappa shape index (κ1) is 20.4. The Labute approximate surface area is 172 Å². The van der Waals surface area contributed by atoms with E-state index >= 15 is 0 Å². The molecule has 0 saturated heterocycles. The molecule has 3 aromatic rings. The first-order valence-electron chi connectivity index (χ1n) is 9.92. The lowest BCUT2D eigenvalue weighted by Crippen LogP contribution is -2.25. The number of ether oxygens (including phenoxy) is 1. The lowest BCUT2D eigenvalue weighted by Gasteiger charge is -2.11. The molecule has 1 aromatic heterocycles. The van der Waals surface area contributed by atoms with Gasteiger partial charge in [0.1, 0.15) is 11.4 Å². The Bertz CT molecular complexity index is 892. The van der Waals surface area contributed by atoms with Gasteiger partial charge in [0.05, 0.1) is 18.0 Å². The van der Waals surface area contributed by atoms with Gasteiger partial charge in [0.15, 0.2) is 0 Å². The molecule has 1 amide bonds. The molecule has 2 aromatic carbocycles. The van der Waals surface area contributed by atoms with Gasteiger partial charge >= 0.3 is 0 Å². The summed E-state index contributed by atoms with van der Waals surface area (Å²) in [5, 5.41) is 6.20. The molecule has 5 heteroatoms. The first-order valence-corrected chi connectivity index (χ1v) is 9.92. The number of aromatic nitrogens is 1. The highest BCUT2D eigenvalue weighted by Crippen LogP contribution is 2.20. The second-order valence-corrected chi connectivity index (χ2v) is 7.09. The number of carbonyl (C=O) groups excluding carboxylic acids is 1. The summed E-state index contributed by atoms with van der Waals surface area (Å²) >= 11 is 0. The first-order chi connectivity index (χ1) is 14.1. The van der Waals surface area contributed by atoms with E-state index in [1.807, 2.05) is 62.4 Å². The normalized spacial score (nSPS) is 10.6. The summed E-state index contributed by atoms with van der Waals surface area (Å²) in [5.41, 5.74) is 3.44. The minimum Gasteiger partial charge on any atom is -0.491 e. The zero-order valence-corrected chi connectivity index (χ0v) is 16.9. The van der Waals surface area contributed by atoms with Crippen LogP contribution in [0.5, 0.6) is 5.75 Å². The van der Waals surface area contributed by atoms with Crippen molar-refractivity contribution in [2.24, 2.45) is 0 Å². The number of amides is 1. The molecule has 0 unspecified atom stereocenters. The Balaban J connectivity index is 1.45. The lowest BCUT2D eigenvalue weighted by molar-refractivity contribution is 0.0948. The summed E-state index contributed by atoms with van der Waals surface area (Å²) in [6, 6.07) is 21.6. The quantitative estimate of drug-likeness (QED) is 0.507. The van der Waals surface area contributed by atoms with Crippen molar-refractivity contribution in [2.75, 3.05) is 11.9 Å². The highest BCUT2D eigenvalue weighted by atomic mass is 16.5. The van der Waals surface area contributed by atoms with Crippen LogP contribution in [0.1, 0.15) is 36.3 Å². The Morgan fingerprint density at radius 1 is 0.966 bits per heavy atom. The fourth-order valence-electron chi connectivity index (χ4n) is 2.89. The monoisotopic (exact) mass is 389 g/mol. The molecule has 0 aliphatic rings. The van der Waals surface area contributed by atoms with Crippen LogP contribution in [0.25, 0.3) is 0 Å². The van der Waals surface area contributed by atoms with E-state index in [9.17, 15) is 4.79 Å². The molecule has 3 rings (SSSR count). The molecule has 0 radical (unpaired) electrons. The Hall–Kier alpha value is -3.34. The number of nitrogens with zero attached hydrogens (tertiary/aromatic N) is 1. The van der Waals surface area contributed by atoms with Crippen molar-refractivity contribution >= 4 is 17.3 Å². The summed E-state index contributed by atoms with van der Waals surface area (Å²) < 4.78 is 5.64. The van der Waals surface area contributed by atoms with Gasteiger partial charge in [0.25, 0.3) is 5.91 Å². The maximum absolute atomic E-state index is 12.2. The maximum Gasteiger partial charge on any atom is 0.269 e. The van der Waals surface area contributed by atoms with Crippen molar-refractivity contribution in [3.05, 3.63) is 84.2 Å². The number of pyridine rings is 1. The van der Waals surface area contributed by atoms with Gasteiger partial charge in [0.2, 0.25) is 0 Å². The average Bonchev–Trinajstić information content (AvgIpc) is 2.73. The molecule has 0 saturated carbocycles. The summed E-state index contributed by atoms with van der Waals surface area (Å²) in [6.07, 6.45) is 3.65. The number of benzene rings is 2. The number of nitrogens with one attached hydrogen (secondary N) is 2. The van der Waals surface area contributed by atoms with Crippen molar-refractivity contribution in [2.45, 2.75) is 32.8 Å². The number of hydrogen-bond acceptors (Lipinski definition) is 4. The highest BCUT2D eigenvalue weighted by molar-refractivity contribution is 5.92. The predicted molar refractivity (Wildman–Crippen MR) is 117 cm³/mol. The molecule has 0 aliphatic carbocycles. The van der Waals surface area contributed by atoms with E-state index in [1.54, 1.807) is 12.3 Å². The van der Waals surface area contributed by atoms with Gasteiger partial charge in [-0.2, -0.15) is 0 Å². The number of hydrogen-bond donors (Lipinski definition) is 2. The van der Waals surface area contributed by atoms with E-state index in [1.165, 1.54) is 5.56 Å². The predicted octanol–water partition coefficient (Wildman–Crippen LogP) is 4.98. The molecule has 5 nitrogen and oxygen atoms in total. The van der Waals surface area contributed by atoms with Gasteiger partial charge in [-0.3, -0.25) is 4.79 Å². The second-order valence-electron chi connectivity index (χ2n) is 7.09. The van der Waals surface area contributed by atoms with E-state index in [0.717, 1.165) is 30.0 Å². The summed E-state index contributed by atoms with van der Waals surface area (Å²) in [4.78, 5) is 16.5. The van der Waals surface area contributed by atoms with E-state index < -0.39 is 0 Å². The average molecular weight is 389 g/mol. The third kappa shape index (κ3) is 6.64. The van der Waals surface area contributed by atoms with Crippen LogP contribution in [0.15, 0.2) is 72.9 Å². The van der Waals surface area contributed by atoms with Crippen LogP contribution in [0.4, 0.5) is 11.4 Å². The zero-order valence-electron chi connectivity index (χ0n) is 16.9. The van der Waals surface area contributed by atoms with Gasteiger partial charge < -0.3 is 15.4 Å². The van der Waals surface area contributed by atoms with Crippen molar-refractivity contribution in [1.82, 2.24) is 10.3 Å². The molecule has 0 atom stereocenters. The molecular weight excluding hydrogens is 362 g/mol. The smallest absolute Gasteiger partial charge is 0.269 e.